The number of urea groups is 1. The van der Waals surface area contributed by atoms with Gasteiger partial charge in [-0.25, -0.2) is 4.79 Å². The molecule has 2 amide bonds. The molecule has 0 saturated heterocycles. The summed E-state index contributed by atoms with van der Waals surface area (Å²) in [7, 11) is 0. The molecule has 0 aliphatic heterocycles. The highest BCUT2D eigenvalue weighted by Crippen LogP contribution is 2.18. The van der Waals surface area contributed by atoms with Crippen LogP contribution in [-0.4, -0.2) is 28.4 Å². The molecular weight excluding hydrogens is 318 g/mol. The Morgan fingerprint density at radius 1 is 1.16 bits per heavy atom. The number of anilines is 1. The first-order valence-electron chi connectivity index (χ1n) is 8.23. The van der Waals surface area contributed by atoms with Crippen LogP contribution in [0.5, 0.6) is 0 Å². The van der Waals surface area contributed by atoms with E-state index in [4.69, 9.17) is 0 Å². The maximum Gasteiger partial charge on any atom is 0.319 e. The Hall–Kier alpha value is -2.60. The van der Waals surface area contributed by atoms with Gasteiger partial charge in [0.05, 0.1) is 12.6 Å². The van der Waals surface area contributed by atoms with Crippen molar-refractivity contribution in [3.63, 3.8) is 0 Å². The highest BCUT2D eigenvalue weighted by molar-refractivity contribution is 5.88. The summed E-state index contributed by atoms with van der Waals surface area (Å²) >= 11 is 0. The fourth-order valence-electron chi connectivity index (χ4n) is 2.20. The van der Waals surface area contributed by atoms with E-state index in [1.807, 2.05) is 51.1 Å². The Kier molecular flexibility index (Phi) is 5.98. The van der Waals surface area contributed by atoms with Gasteiger partial charge in [-0.3, -0.25) is 4.79 Å². The molecule has 1 aromatic heterocycles. The Bertz CT molecular complexity index is 763. The van der Waals surface area contributed by atoms with Crippen molar-refractivity contribution in [1.82, 2.24) is 9.88 Å². The number of aromatic nitrogens is 1. The van der Waals surface area contributed by atoms with Crippen LogP contribution < -0.4 is 16.2 Å². The van der Waals surface area contributed by atoms with Gasteiger partial charge in [0.2, 0.25) is 0 Å². The first-order valence-corrected chi connectivity index (χ1v) is 8.23. The molecular formula is C19H25N3O3. The lowest BCUT2D eigenvalue weighted by Crippen LogP contribution is -2.41. The van der Waals surface area contributed by atoms with Crippen molar-refractivity contribution in [2.45, 2.75) is 33.4 Å². The second kappa shape index (κ2) is 7.98. The Labute approximate surface area is 147 Å². The minimum atomic E-state index is -0.677. The van der Waals surface area contributed by atoms with Crippen LogP contribution in [0.25, 0.3) is 0 Å². The fourth-order valence-corrected chi connectivity index (χ4v) is 2.20. The monoisotopic (exact) mass is 343 g/mol. The SMILES string of the molecule is CC(C)(C)C(O)CNC(=O)Nc1cccn(Cc2ccccc2)c1=O. The third-order valence-corrected chi connectivity index (χ3v) is 3.92. The summed E-state index contributed by atoms with van der Waals surface area (Å²) < 4.78 is 1.54. The largest absolute Gasteiger partial charge is 0.391 e. The second-order valence-electron chi connectivity index (χ2n) is 7.06. The summed E-state index contributed by atoms with van der Waals surface area (Å²) in [5, 5.41) is 15.1. The van der Waals surface area contributed by atoms with Crippen molar-refractivity contribution >= 4 is 11.7 Å². The third-order valence-electron chi connectivity index (χ3n) is 3.92. The van der Waals surface area contributed by atoms with Gasteiger partial charge in [-0.15, -0.1) is 0 Å². The number of hydrogen-bond acceptors (Lipinski definition) is 3. The minimum absolute atomic E-state index is 0.111. The molecule has 134 valence electrons. The quantitative estimate of drug-likeness (QED) is 0.780. The number of benzene rings is 1. The third kappa shape index (κ3) is 5.46. The molecule has 2 rings (SSSR count). The summed E-state index contributed by atoms with van der Waals surface area (Å²) in [6.45, 7) is 6.20. The topological polar surface area (TPSA) is 83.4 Å². The molecule has 3 N–H and O–H groups in total. The van der Waals surface area contributed by atoms with E-state index in [0.717, 1.165) is 5.56 Å². The van der Waals surface area contributed by atoms with Gasteiger partial charge in [-0.1, -0.05) is 51.1 Å². The van der Waals surface area contributed by atoms with E-state index in [1.165, 1.54) is 4.57 Å². The van der Waals surface area contributed by atoms with E-state index < -0.39 is 12.1 Å². The van der Waals surface area contributed by atoms with Gasteiger partial charge < -0.3 is 20.3 Å². The summed E-state index contributed by atoms with van der Waals surface area (Å²) in [6.07, 6.45) is 1.01. The number of hydrogen-bond donors (Lipinski definition) is 3. The molecule has 0 fully saturated rings. The van der Waals surface area contributed by atoms with E-state index in [1.54, 1.807) is 18.3 Å². The number of pyridine rings is 1. The van der Waals surface area contributed by atoms with Gasteiger partial charge in [-0.05, 0) is 23.1 Å². The van der Waals surface area contributed by atoms with E-state index in [2.05, 4.69) is 10.6 Å². The number of carbonyl (C=O) groups excluding carboxylic acids is 1. The number of rotatable bonds is 5. The highest BCUT2D eigenvalue weighted by Gasteiger charge is 2.22. The Morgan fingerprint density at radius 2 is 1.84 bits per heavy atom. The summed E-state index contributed by atoms with van der Waals surface area (Å²) in [5.41, 5.74) is 0.584. The van der Waals surface area contributed by atoms with Crippen molar-refractivity contribution in [2.24, 2.45) is 5.41 Å². The zero-order chi connectivity index (χ0) is 18.4. The van der Waals surface area contributed by atoms with Crippen LogP contribution in [0.2, 0.25) is 0 Å². The summed E-state index contributed by atoms with van der Waals surface area (Å²) in [4.78, 5) is 24.5. The molecule has 2 aromatic rings. The Morgan fingerprint density at radius 3 is 2.48 bits per heavy atom. The molecule has 0 spiro atoms. The lowest BCUT2D eigenvalue weighted by atomic mass is 9.89. The van der Waals surface area contributed by atoms with Crippen molar-refractivity contribution in [2.75, 3.05) is 11.9 Å². The van der Waals surface area contributed by atoms with Crippen molar-refractivity contribution < 1.29 is 9.90 Å². The van der Waals surface area contributed by atoms with Crippen LogP contribution in [0, 0.1) is 5.41 Å². The molecule has 0 aliphatic carbocycles. The number of carbonyl (C=O) groups is 1. The summed E-state index contributed by atoms with van der Waals surface area (Å²) in [5.74, 6) is 0. The average Bonchev–Trinajstić information content (AvgIpc) is 2.56. The number of amides is 2. The van der Waals surface area contributed by atoms with Crippen molar-refractivity contribution in [1.29, 1.82) is 0 Å². The van der Waals surface area contributed by atoms with Crippen molar-refractivity contribution in [3.05, 3.63) is 64.6 Å². The van der Waals surface area contributed by atoms with E-state index in [0.29, 0.717) is 6.54 Å². The summed E-state index contributed by atoms with van der Waals surface area (Å²) in [6, 6.07) is 12.4. The van der Waals surface area contributed by atoms with Crippen LogP contribution in [0.1, 0.15) is 26.3 Å². The molecule has 6 heteroatoms. The number of aliphatic hydroxyl groups is 1. The lowest BCUT2D eigenvalue weighted by molar-refractivity contribution is 0.0654. The van der Waals surface area contributed by atoms with Gasteiger partial charge in [0.1, 0.15) is 5.69 Å². The first kappa shape index (κ1) is 18.7. The zero-order valence-corrected chi connectivity index (χ0v) is 14.8. The smallest absolute Gasteiger partial charge is 0.319 e. The van der Waals surface area contributed by atoms with Gasteiger partial charge in [0.25, 0.3) is 5.56 Å². The van der Waals surface area contributed by atoms with E-state index >= 15 is 0 Å². The lowest BCUT2D eigenvalue weighted by Gasteiger charge is -2.25. The first-order chi connectivity index (χ1) is 11.8. The van der Waals surface area contributed by atoms with Gasteiger partial charge in [0.15, 0.2) is 0 Å². The standard InChI is InChI=1S/C19H25N3O3/c1-19(2,3)16(23)12-20-18(25)21-15-10-7-11-22(17(15)24)13-14-8-5-4-6-9-14/h4-11,16,23H,12-13H2,1-3H3,(H2,20,21,25). The molecule has 0 bridgehead atoms. The predicted molar refractivity (Wildman–Crippen MR) is 98.7 cm³/mol. The zero-order valence-electron chi connectivity index (χ0n) is 14.8. The maximum atomic E-state index is 12.5. The molecule has 6 nitrogen and oxygen atoms in total. The van der Waals surface area contributed by atoms with Crippen LogP contribution >= 0.6 is 0 Å². The van der Waals surface area contributed by atoms with Crippen LogP contribution in [-0.2, 0) is 6.54 Å². The minimum Gasteiger partial charge on any atom is -0.391 e. The van der Waals surface area contributed by atoms with Crippen LogP contribution in [0.3, 0.4) is 0 Å². The molecule has 1 aromatic carbocycles. The molecule has 1 atom stereocenters. The van der Waals surface area contributed by atoms with Gasteiger partial charge >= 0.3 is 6.03 Å². The number of nitrogens with one attached hydrogen (secondary N) is 2. The van der Waals surface area contributed by atoms with Crippen LogP contribution in [0.4, 0.5) is 10.5 Å². The molecule has 1 unspecified atom stereocenters. The molecule has 0 aliphatic rings. The van der Waals surface area contributed by atoms with Gasteiger partial charge in [-0.2, -0.15) is 0 Å². The number of nitrogens with zero attached hydrogens (tertiary/aromatic N) is 1. The molecule has 0 radical (unpaired) electrons. The van der Waals surface area contributed by atoms with E-state index in [-0.39, 0.29) is 23.2 Å². The molecule has 1 heterocycles. The van der Waals surface area contributed by atoms with Crippen molar-refractivity contribution in [3.8, 4) is 0 Å². The van der Waals surface area contributed by atoms with Crippen LogP contribution in [0.15, 0.2) is 53.5 Å². The average molecular weight is 343 g/mol. The molecule has 0 saturated carbocycles. The van der Waals surface area contributed by atoms with E-state index in [9.17, 15) is 14.7 Å². The second-order valence-corrected chi connectivity index (χ2v) is 7.06. The maximum absolute atomic E-state index is 12.5. The fraction of sp³-hybridized carbons (Fsp3) is 0.368. The normalized spacial score (nSPS) is 12.5. The van der Waals surface area contributed by atoms with Gasteiger partial charge in [0, 0.05) is 12.7 Å². The molecule has 25 heavy (non-hydrogen) atoms. The predicted octanol–water partition coefficient (Wildman–Crippen LogP) is 2.43. The number of aliphatic hydroxyl groups excluding tert-OH is 1. The highest BCUT2D eigenvalue weighted by atomic mass is 16.3. The Balaban J connectivity index is 2.02.